The molecule has 2 rings (SSSR count). The Morgan fingerprint density at radius 1 is 1.21 bits per heavy atom. The maximum Gasteiger partial charge on any atom is 0.225 e. The van der Waals surface area contributed by atoms with Gasteiger partial charge in [-0.2, -0.15) is 0 Å². The smallest absolute Gasteiger partial charge is 0.225 e. The lowest BCUT2D eigenvalue weighted by atomic mass is 10.1. The van der Waals surface area contributed by atoms with Crippen LogP contribution in [0.4, 0.5) is 15.9 Å². The van der Waals surface area contributed by atoms with E-state index in [1.807, 2.05) is 0 Å². The maximum atomic E-state index is 12.7. The molecule has 0 radical (unpaired) electrons. The second-order valence-electron chi connectivity index (χ2n) is 4.15. The molecule has 2 aromatic rings. The molecule has 0 unspecified atom stereocenters. The van der Waals surface area contributed by atoms with Crippen LogP contribution in [0.25, 0.3) is 0 Å². The summed E-state index contributed by atoms with van der Waals surface area (Å²) in [5, 5.41) is 2.67. The molecule has 0 aliphatic carbocycles. The second-order valence-corrected chi connectivity index (χ2v) is 4.15. The summed E-state index contributed by atoms with van der Waals surface area (Å²) in [6, 6.07) is 9.42. The highest BCUT2D eigenvalue weighted by Gasteiger charge is 2.04. The summed E-state index contributed by atoms with van der Waals surface area (Å²) in [5.74, 6) is 0.0548. The van der Waals surface area contributed by atoms with E-state index >= 15 is 0 Å². The normalized spacial score (nSPS) is 10.2. The second kappa shape index (κ2) is 5.95. The number of hydrogen-bond donors (Lipinski definition) is 2. The number of carbonyl (C=O) groups is 1. The van der Waals surface area contributed by atoms with Crippen molar-refractivity contribution >= 4 is 17.4 Å². The first-order valence-corrected chi connectivity index (χ1v) is 5.89. The first-order chi connectivity index (χ1) is 9.13. The minimum absolute atomic E-state index is 0.137. The molecule has 0 spiro atoms. The van der Waals surface area contributed by atoms with Gasteiger partial charge in [0.05, 0.1) is 11.9 Å². The van der Waals surface area contributed by atoms with E-state index in [4.69, 9.17) is 5.73 Å². The van der Waals surface area contributed by atoms with Gasteiger partial charge in [-0.05, 0) is 36.2 Å². The van der Waals surface area contributed by atoms with E-state index in [1.165, 1.54) is 18.3 Å². The van der Waals surface area contributed by atoms with Crippen molar-refractivity contribution in [3.05, 3.63) is 54.0 Å². The third kappa shape index (κ3) is 4.06. The molecular weight excluding hydrogens is 245 g/mol. The van der Waals surface area contributed by atoms with E-state index in [0.717, 1.165) is 5.56 Å². The van der Waals surface area contributed by atoms with Gasteiger partial charge in [0, 0.05) is 6.42 Å². The van der Waals surface area contributed by atoms with Crippen molar-refractivity contribution < 1.29 is 9.18 Å². The van der Waals surface area contributed by atoms with Crippen LogP contribution in [0.3, 0.4) is 0 Å². The summed E-state index contributed by atoms with van der Waals surface area (Å²) in [5.41, 5.74) is 6.96. The van der Waals surface area contributed by atoms with Crippen LogP contribution in [0.5, 0.6) is 0 Å². The molecule has 3 N–H and O–H groups in total. The van der Waals surface area contributed by atoms with Crippen molar-refractivity contribution in [2.75, 3.05) is 11.1 Å². The predicted molar refractivity (Wildman–Crippen MR) is 72.0 cm³/mol. The SMILES string of the molecule is Nc1ccc(NC(=O)CCc2ccc(F)cc2)nc1. The summed E-state index contributed by atoms with van der Waals surface area (Å²) >= 11 is 0. The Balaban J connectivity index is 1.84. The standard InChI is InChI=1S/C14H14FN3O/c15-11-4-1-10(2-5-11)3-8-14(19)18-13-7-6-12(16)9-17-13/h1-2,4-7,9H,3,8,16H2,(H,17,18,19). The Morgan fingerprint density at radius 3 is 2.58 bits per heavy atom. The number of amides is 1. The number of nitrogens with zero attached hydrogens (tertiary/aromatic N) is 1. The number of benzene rings is 1. The minimum atomic E-state index is -0.278. The van der Waals surface area contributed by atoms with Gasteiger partial charge < -0.3 is 11.1 Å². The third-order valence-electron chi connectivity index (χ3n) is 2.61. The fourth-order valence-electron chi connectivity index (χ4n) is 1.59. The molecule has 0 atom stereocenters. The number of aromatic nitrogens is 1. The van der Waals surface area contributed by atoms with Crippen molar-refractivity contribution in [2.45, 2.75) is 12.8 Å². The van der Waals surface area contributed by atoms with Gasteiger partial charge in [-0.15, -0.1) is 0 Å². The quantitative estimate of drug-likeness (QED) is 0.885. The van der Waals surface area contributed by atoms with Crippen molar-refractivity contribution in [1.82, 2.24) is 4.98 Å². The molecule has 0 saturated heterocycles. The lowest BCUT2D eigenvalue weighted by molar-refractivity contribution is -0.116. The van der Waals surface area contributed by atoms with Gasteiger partial charge in [0.25, 0.3) is 0 Å². The zero-order valence-corrected chi connectivity index (χ0v) is 10.3. The van der Waals surface area contributed by atoms with Crippen LogP contribution in [0.1, 0.15) is 12.0 Å². The summed E-state index contributed by atoms with van der Waals surface area (Å²) < 4.78 is 12.7. The number of hydrogen-bond acceptors (Lipinski definition) is 3. The van der Waals surface area contributed by atoms with Gasteiger partial charge in [0.1, 0.15) is 11.6 Å². The lowest BCUT2D eigenvalue weighted by Crippen LogP contribution is -2.13. The van der Waals surface area contributed by atoms with E-state index in [1.54, 1.807) is 24.3 Å². The summed E-state index contributed by atoms with van der Waals surface area (Å²) in [6.07, 6.45) is 2.36. The molecule has 19 heavy (non-hydrogen) atoms. The van der Waals surface area contributed by atoms with E-state index in [9.17, 15) is 9.18 Å². The van der Waals surface area contributed by atoms with Crippen LogP contribution in [-0.4, -0.2) is 10.9 Å². The fourth-order valence-corrected chi connectivity index (χ4v) is 1.59. The number of nitrogen functional groups attached to an aromatic ring is 1. The molecule has 0 bridgehead atoms. The van der Waals surface area contributed by atoms with Crippen molar-refractivity contribution in [3.8, 4) is 0 Å². The van der Waals surface area contributed by atoms with Gasteiger partial charge in [-0.3, -0.25) is 4.79 Å². The number of nitrogens with one attached hydrogen (secondary N) is 1. The van der Waals surface area contributed by atoms with E-state index in [0.29, 0.717) is 24.3 Å². The third-order valence-corrected chi connectivity index (χ3v) is 2.61. The van der Waals surface area contributed by atoms with Gasteiger partial charge in [-0.25, -0.2) is 9.37 Å². The molecule has 1 aromatic heterocycles. The van der Waals surface area contributed by atoms with Crippen LogP contribution >= 0.6 is 0 Å². The highest BCUT2D eigenvalue weighted by atomic mass is 19.1. The summed E-state index contributed by atoms with van der Waals surface area (Å²) in [7, 11) is 0. The maximum absolute atomic E-state index is 12.7. The molecule has 0 aliphatic heterocycles. The molecule has 1 aromatic carbocycles. The van der Waals surface area contributed by atoms with Crippen molar-refractivity contribution in [1.29, 1.82) is 0 Å². The average molecular weight is 259 g/mol. The molecule has 1 heterocycles. The van der Waals surface area contributed by atoms with Crippen LogP contribution < -0.4 is 11.1 Å². The topological polar surface area (TPSA) is 68.0 Å². The first kappa shape index (κ1) is 13.0. The van der Waals surface area contributed by atoms with E-state index < -0.39 is 0 Å². The van der Waals surface area contributed by atoms with Crippen LogP contribution in [-0.2, 0) is 11.2 Å². The number of carbonyl (C=O) groups excluding carboxylic acids is 1. The zero-order chi connectivity index (χ0) is 13.7. The number of pyridine rings is 1. The van der Waals surface area contributed by atoms with E-state index in [2.05, 4.69) is 10.3 Å². The Hall–Kier alpha value is -2.43. The number of nitrogens with two attached hydrogens (primary N) is 1. The van der Waals surface area contributed by atoms with Gasteiger partial charge in [0.2, 0.25) is 5.91 Å². The van der Waals surface area contributed by atoms with Crippen molar-refractivity contribution in [2.24, 2.45) is 0 Å². The largest absolute Gasteiger partial charge is 0.397 e. The average Bonchev–Trinajstić information content (AvgIpc) is 2.41. The van der Waals surface area contributed by atoms with Crippen LogP contribution in [0.15, 0.2) is 42.6 Å². The Morgan fingerprint density at radius 2 is 1.95 bits per heavy atom. The first-order valence-electron chi connectivity index (χ1n) is 5.89. The molecule has 4 nitrogen and oxygen atoms in total. The summed E-state index contributed by atoms with van der Waals surface area (Å²) in [4.78, 5) is 15.7. The van der Waals surface area contributed by atoms with E-state index in [-0.39, 0.29) is 11.7 Å². The minimum Gasteiger partial charge on any atom is -0.397 e. The monoisotopic (exact) mass is 259 g/mol. The molecule has 5 heteroatoms. The number of halogens is 1. The number of rotatable bonds is 4. The van der Waals surface area contributed by atoms with Crippen molar-refractivity contribution in [3.63, 3.8) is 0 Å². The molecule has 1 amide bonds. The van der Waals surface area contributed by atoms with Crippen LogP contribution in [0.2, 0.25) is 0 Å². The predicted octanol–water partition coefficient (Wildman–Crippen LogP) is 2.37. The summed E-state index contributed by atoms with van der Waals surface area (Å²) in [6.45, 7) is 0. The molecular formula is C14H14FN3O. The van der Waals surface area contributed by atoms with Gasteiger partial charge >= 0.3 is 0 Å². The highest BCUT2D eigenvalue weighted by molar-refractivity contribution is 5.89. The van der Waals surface area contributed by atoms with Gasteiger partial charge in [-0.1, -0.05) is 12.1 Å². The Labute approximate surface area is 110 Å². The lowest BCUT2D eigenvalue weighted by Gasteiger charge is -2.04. The van der Waals surface area contributed by atoms with Gasteiger partial charge in [0.15, 0.2) is 0 Å². The molecule has 0 fully saturated rings. The molecule has 0 saturated carbocycles. The molecule has 98 valence electrons. The Bertz CT molecular complexity index is 552. The highest BCUT2D eigenvalue weighted by Crippen LogP contribution is 2.08. The molecule has 0 aliphatic rings. The number of aryl methyl sites for hydroxylation is 1. The fraction of sp³-hybridized carbons (Fsp3) is 0.143. The number of anilines is 2. The van der Waals surface area contributed by atoms with Crippen LogP contribution in [0, 0.1) is 5.82 Å². The Kier molecular flexibility index (Phi) is 4.07. The zero-order valence-electron chi connectivity index (χ0n) is 10.3.